The molecule has 2 heterocycles. The maximum absolute atomic E-state index is 14.3. The van der Waals surface area contributed by atoms with E-state index in [1.54, 1.807) is 0 Å². The quantitative estimate of drug-likeness (QED) is 0.00886. The summed E-state index contributed by atoms with van der Waals surface area (Å²) in [4.78, 5) is 50.9. The topological polar surface area (TPSA) is 374 Å². The van der Waals surface area contributed by atoms with Gasteiger partial charge in [0, 0.05) is 19.3 Å². The monoisotopic (exact) mass is 1400 g/mol. The smallest absolute Gasteiger partial charge is 0.463 e. The van der Waals surface area contributed by atoms with Crippen molar-refractivity contribution in [2.75, 3.05) is 26.4 Å². The molecule has 3 aliphatic rings. The molecule has 1 aliphatic carbocycles. The molecule has 11 N–H and O–H groups in total. The van der Waals surface area contributed by atoms with Gasteiger partial charge in [-0.3, -0.25) is 23.4 Å². The van der Waals surface area contributed by atoms with E-state index >= 15 is 0 Å². The Bertz CT molecular complexity index is 2040. The van der Waals surface area contributed by atoms with Crippen molar-refractivity contribution in [3.8, 4) is 0 Å². The van der Waals surface area contributed by atoms with Crippen molar-refractivity contribution in [1.29, 1.82) is 0 Å². The van der Waals surface area contributed by atoms with Gasteiger partial charge in [-0.15, -0.1) is 0 Å². The number of hydrogen-bond acceptors (Lipinski definition) is 23. The SMILES string of the molecule is CCCCCCCC/C=C\CCCCCC(=O)OCC1OC(OC2C(O)C(O)C(O)C(OC3OC(CO)C(O)C(O)C3O)C2OP(=O)(O)OCC(COC(=O)CCCCCCCCCCCCCCCC)OC(=O)CCCCCCCCCCCCCCCC)C(O)C(O)C1O. The second-order valence-corrected chi connectivity index (χ2v) is 28.4. The molecule has 96 heavy (non-hydrogen) atoms. The third-order valence-corrected chi connectivity index (χ3v) is 19.5. The van der Waals surface area contributed by atoms with Crippen LogP contribution in [0.1, 0.15) is 290 Å². The number of aliphatic hydroxyl groups is 10. The lowest BCUT2D eigenvalue weighted by atomic mass is 9.84. The fourth-order valence-corrected chi connectivity index (χ4v) is 13.4. The summed E-state index contributed by atoms with van der Waals surface area (Å²) in [5.41, 5.74) is 0. The highest BCUT2D eigenvalue weighted by Gasteiger charge is 2.58. The Morgan fingerprint density at radius 1 is 0.396 bits per heavy atom. The summed E-state index contributed by atoms with van der Waals surface area (Å²) < 4.78 is 65.0. The van der Waals surface area contributed by atoms with Gasteiger partial charge in [0.05, 0.1) is 13.2 Å². The summed E-state index contributed by atoms with van der Waals surface area (Å²) in [5, 5.41) is 110. The summed E-state index contributed by atoms with van der Waals surface area (Å²) in [6.07, 6.45) is 11.4. The molecule has 0 aromatic carbocycles. The van der Waals surface area contributed by atoms with Crippen molar-refractivity contribution in [1.82, 2.24) is 0 Å². The van der Waals surface area contributed by atoms with Crippen LogP contribution in [0.15, 0.2) is 12.2 Å². The predicted molar refractivity (Wildman–Crippen MR) is 361 cm³/mol. The van der Waals surface area contributed by atoms with E-state index in [1.807, 2.05) is 0 Å². The number of carbonyl (C=O) groups excluding carboxylic acids is 3. The van der Waals surface area contributed by atoms with Crippen molar-refractivity contribution in [2.24, 2.45) is 0 Å². The largest absolute Gasteiger partial charge is 0.472 e. The molecule has 0 aromatic rings. The fourth-order valence-electron chi connectivity index (χ4n) is 12.4. The molecule has 0 amide bonds. The van der Waals surface area contributed by atoms with Crippen LogP contribution in [0.5, 0.6) is 0 Å². The number of carbonyl (C=O) groups is 3. The van der Waals surface area contributed by atoms with Gasteiger partial charge in [0.15, 0.2) is 18.7 Å². The number of esters is 3. The normalized spacial score (nSPS) is 28.0. The van der Waals surface area contributed by atoms with Gasteiger partial charge in [-0.2, -0.15) is 0 Å². The van der Waals surface area contributed by atoms with E-state index in [4.69, 9.17) is 42.2 Å². The van der Waals surface area contributed by atoms with E-state index in [0.717, 1.165) is 89.9 Å². The second kappa shape index (κ2) is 53.5. The van der Waals surface area contributed by atoms with E-state index in [-0.39, 0.29) is 19.3 Å². The van der Waals surface area contributed by atoms with Crippen molar-refractivity contribution in [2.45, 2.75) is 395 Å². The van der Waals surface area contributed by atoms with Crippen LogP contribution < -0.4 is 0 Å². The minimum Gasteiger partial charge on any atom is -0.463 e. The summed E-state index contributed by atoms with van der Waals surface area (Å²) in [5.74, 6) is -1.99. The van der Waals surface area contributed by atoms with Gasteiger partial charge in [0.25, 0.3) is 0 Å². The molecular formula is C71H131O24P. The zero-order valence-corrected chi connectivity index (χ0v) is 59.6. The minimum absolute atomic E-state index is 0.00937. The van der Waals surface area contributed by atoms with Gasteiger partial charge in [0.2, 0.25) is 0 Å². The van der Waals surface area contributed by atoms with E-state index in [9.17, 15) is 74.9 Å². The van der Waals surface area contributed by atoms with Crippen molar-refractivity contribution in [3.05, 3.63) is 12.2 Å². The average Bonchev–Trinajstić information content (AvgIpc) is 0.778. The highest BCUT2D eigenvalue weighted by atomic mass is 31.2. The van der Waals surface area contributed by atoms with Crippen LogP contribution in [0.2, 0.25) is 0 Å². The lowest BCUT2D eigenvalue weighted by Crippen LogP contribution is -2.69. The van der Waals surface area contributed by atoms with Crippen molar-refractivity contribution < 1.29 is 117 Å². The van der Waals surface area contributed by atoms with Crippen molar-refractivity contribution >= 4 is 25.7 Å². The summed E-state index contributed by atoms with van der Waals surface area (Å²) in [7, 11) is -5.69. The number of phosphoric acid groups is 1. The van der Waals surface area contributed by atoms with Crippen LogP contribution in [0.3, 0.4) is 0 Å². The molecule has 0 bridgehead atoms. The third kappa shape index (κ3) is 36.5. The van der Waals surface area contributed by atoms with E-state index in [2.05, 4.69) is 32.9 Å². The molecule has 18 atom stereocenters. The molecule has 2 aliphatic heterocycles. The van der Waals surface area contributed by atoms with E-state index in [1.165, 1.54) is 141 Å². The Morgan fingerprint density at radius 3 is 1.14 bits per heavy atom. The molecule has 2 saturated heterocycles. The Balaban J connectivity index is 1.74. The van der Waals surface area contributed by atoms with Crippen LogP contribution in [0.4, 0.5) is 0 Å². The highest BCUT2D eigenvalue weighted by molar-refractivity contribution is 7.47. The number of aliphatic hydroxyl groups excluding tert-OH is 10. The van der Waals surface area contributed by atoms with Crippen LogP contribution >= 0.6 is 7.82 Å². The van der Waals surface area contributed by atoms with Gasteiger partial charge >= 0.3 is 25.7 Å². The number of unbranched alkanes of at least 4 members (excludes halogenated alkanes) is 35. The Kier molecular flexibility index (Phi) is 49.0. The Morgan fingerprint density at radius 2 is 0.729 bits per heavy atom. The van der Waals surface area contributed by atoms with Gasteiger partial charge in [-0.05, 0) is 44.9 Å². The first-order valence-electron chi connectivity index (χ1n) is 37.5. The number of phosphoric ester groups is 1. The highest BCUT2D eigenvalue weighted by Crippen LogP contribution is 2.49. The minimum atomic E-state index is -5.69. The predicted octanol–water partition coefficient (Wildman–Crippen LogP) is 9.96. The van der Waals surface area contributed by atoms with Gasteiger partial charge in [0.1, 0.15) is 98.7 Å². The molecule has 24 nitrogen and oxygen atoms in total. The zero-order valence-electron chi connectivity index (χ0n) is 58.7. The number of allylic oxidation sites excluding steroid dienone is 2. The standard InChI is InChI=1S/C71H131O24P/c1-4-7-10-13-16-19-22-25-28-31-33-36-39-42-45-55(73)87-49-52(90-57(75)47-44-41-38-35-32-29-26-23-20-17-14-11-8-5-2)50-89-96(85,86)95-69-67(93-70-65(83)60(78)58(76)53(48-72)91-70)63(81)62(80)64(82)68(69)94-71-66(84)61(79)59(77)54(92-71)51-88-56(74)46-43-40-37-34-30-27-24-21-18-15-12-9-6-3/h27,30,52-54,58-72,76-84H,4-26,28-29,31-51H2,1-3H3,(H,85,86)/b30-27-. The third-order valence-electron chi connectivity index (χ3n) is 18.5. The molecule has 3 fully saturated rings. The molecule has 0 spiro atoms. The zero-order chi connectivity index (χ0) is 70.4. The van der Waals surface area contributed by atoms with Crippen LogP contribution in [-0.4, -0.2) is 204 Å². The fraction of sp³-hybridized carbons (Fsp3) is 0.930. The molecule has 25 heteroatoms. The molecule has 0 radical (unpaired) electrons. The Hall–Kier alpha value is -2.30. The summed E-state index contributed by atoms with van der Waals surface area (Å²) >= 11 is 0. The molecule has 18 unspecified atom stereocenters. The second-order valence-electron chi connectivity index (χ2n) is 27.0. The molecule has 0 aromatic heterocycles. The van der Waals surface area contributed by atoms with E-state index < -0.39 is 156 Å². The van der Waals surface area contributed by atoms with Gasteiger partial charge in [-0.25, -0.2) is 4.57 Å². The Labute approximate surface area is 573 Å². The summed E-state index contributed by atoms with van der Waals surface area (Å²) in [6, 6.07) is 0. The number of ether oxygens (including phenoxy) is 7. The first-order valence-corrected chi connectivity index (χ1v) is 39.0. The molecule has 3 rings (SSSR count). The first-order chi connectivity index (χ1) is 46.3. The van der Waals surface area contributed by atoms with Crippen LogP contribution in [0, 0.1) is 0 Å². The molecule has 564 valence electrons. The van der Waals surface area contributed by atoms with Crippen molar-refractivity contribution in [3.63, 3.8) is 0 Å². The lowest BCUT2D eigenvalue weighted by molar-refractivity contribution is -0.360. The first kappa shape index (κ1) is 87.9. The maximum Gasteiger partial charge on any atom is 0.472 e. The molecular weight excluding hydrogens is 1270 g/mol. The van der Waals surface area contributed by atoms with Crippen LogP contribution in [-0.2, 0) is 61.2 Å². The van der Waals surface area contributed by atoms with Gasteiger partial charge in [-0.1, -0.05) is 238 Å². The number of rotatable bonds is 58. The lowest BCUT2D eigenvalue weighted by Gasteiger charge is -2.49. The maximum atomic E-state index is 14.3. The van der Waals surface area contributed by atoms with E-state index in [0.29, 0.717) is 19.3 Å². The summed E-state index contributed by atoms with van der Waals surface area (Å²) in [6.45, 7) is 3.43. The average molecular weight is 1400 g/mol. The van der Waals surface area contributed by atoms with Crippen LogP contribution in [0.25, 0.3) is 0 Å². The number of hydrogen-bond donors (Lipinski definition) is 11. The van der Waals surface area contributed by atoms with Gasteiger partial charge < -0.3 is 89.1 Å². The molecule has 1 saturated carbocycles.